The zero-order valence-electron chi connectivity index (χ0n) is 5.58. The van der Waals surface area contributed by atoms with Crippen LogP contribution in [0.15, 0.2) is 24.3 Å². The largest absolute Gasteiger partial charge is 1.00 e. The van der Waals surface area contributed by atoms with Crippen molar-refractivity contribution in [2.75, 3.05) is 0 Å². The van der Waals surface area contributed by atoms with Gasteiger partial charge in [0.05, 0.1) is 0 Å². The Balaban J connectivity index is 0.000000810. The normalized spacial score (nSPS) is 7.60. The van der Waals surface area contributed by atoms with E-state index in [0.717, 1.165) is 0 Å². The Morgan fingerprint density at radius 2 is 1.70 bits per heavy atom. The van der Waals surface area contributed by atoms with Crippen LogP contribution in [0, 0.1) is 12.3 Å². The highest BCUT2D eigenvalue weighted by Crippen LogP contribution is 2.10. The first kappa shape index (κ1) is 8.93. The molecule has 0 amide bonds. The molecule has 0 N–H and O–H groups in total. The third-order valence-corrected chi connectivity index (χ3v) is 1.15. The van der Waals surface area contributed by atoms with Gasteiger partial charge in [0.2, 0.25) is 5.39 Å². The Bertz CT molecular complexity index is 235. The van der Waals surface area contributed by atoms with E-state index < -0.39 is 0 Å². The minimum absolute atomic E-state index is 0. The van der Waals surface area contributed by atoms with Crippen LogP contribution in [-0.4, -0.2) is 0 Å². The van der Waals surface area contributed by atoms with E-state index >= 15 is 0 Å². The van der Waals surface area contributed by atoms with Gasteiger partial charge in [-0.15, -0.1) is 0 Å². The molecule has 3 heteroatoms. The highest BCUT2D eigenvalue weighted by molar-refractivity contribution is 5.44. The van der Waals surface area contributed by atoms with Crippen molar-refractivity contribution in [3.05, 3.63) is 34.8 Å². The van der Waals surface area contributed by atoms with Crippen LogP contribution in [0.25, 0.3) is 4.98 Å². The number of rotatable bonds is 0. The summed E-state index contributed by atoms with van der Waals surface area (Å²) in [6, 6.07) is 7.31. The topological polar surface area (TPSA) is 28.1 Å². The summed E-state index contributed by atoms with van der Waals surface area (Å²) in [4.78, 5) is 3.01. The van der Waals surface area contributed by atoms with Gasteiger partial charge in [-0.3, -0.25) is 0 Å². The SMILES string of the molecule is Cc1ccc([N+]#N)cc1.[Cl-]. The number of aryl methyl sites for hydroxylation is 1. The molecule has 0 aliphatic carbocycles. The van der Waals surface area contributed by atoms with E-state index in [9.17, 15) is 0 Å². The van der Waals surface area contributed by atoms with E-state index in [2.05, 4.69) is 4.98 Å². The van der Waals surface area contributed by atoms with Gasteiger partial charge in [-0.2, -0.15) is 0 Å². The van der Waals surface area contributed by atoms with E-state index in [1.54, 1.807) is 12.1 Å². The van der Waals surface area contributed by atoms with Crippen molar-refractivity contribution in [3.63, 3.8) is 0 Å². The van der Waals surface area contributed by atoms with Gasteiger partial charge in [-0.25, -0.2) is 0 Å². The molecular formula is C7H7ClN2. The predicted octanol–water partition coefficient (Wildman–Crippen LogP) is -0.516. The molecule has 0 saturated heterocycles. The maximum atomic E-state index is 8.25. The first-order valence-electron chi connectivity index (χ1n) is 2.74. The maximum absolute atomic E-state index is 8.25. The Morgan fingerprint density at radius 3 is 2.10 bits per heavy atom. The van der Waals surface area contributed by atoms with Crippen LogP contribution >= 0.6 is 0 Å². The summed E-state index contributed by atoms with van der Waals surface area (Å²) >= 11 is 0. The van der Waals surface area contributed by atoms with Gasteiger partial charge in [-0.05, 0) is 6.92 Å². The van der Waals surface area contributed by atoms with Gasteiger partial charge < -0.3 is 12.4 Å². The van der Waals surface area contributed by atoms with Crippen molar-refractivity contribution < 1.29 is 12.4 Å². The third-order valence-electron chi connectivity index (χ3n) is 1.15. The van der Waals surface area contributed by atoms with Gasteiger partial charge in [0.1, 0.15) is 0 Å². The van der Waals surface area contributed by atoms with E-state index in [-0.39, 0.29) is 12.4 Å². The zero-order valence-corrected chi connectivity index (χ0v) is 6.34. The fraction of sp³-hybridized carbons (Fsp3) is 0.143. The second-order valence-electron chi connectivity index (χ2n) is 1.94. The van der Waals surface area contributed by atoms with Crippen LogP contribution in [0.2, 0.25) is 0 Å². The van der Waals surface area contributed by atoms with Crippen molar-refractivity contribution in [2.24, 2.45) is 0 Å². The molecule has 0 aliphatic heterocycles. The van der Waals surface area contributed by atoms with Gasteiger partial charge in [0.15, 0.2) is 4.98 Å². The van der Waals surface area contributed by atoms with Crippen molar-refractivity contribution in [3.8, 4) is 0 Å². The average molecular weight is 155 g/mol. The Hall–Kier alpha value is -1.07. The molecular weight excluding hydrogens is 148 g/mol. The number of hydrogen-bond acceptors (Lipinski definition) is 1. The molecule has 10 heavy (non-hydrogen) atoms. The third kappa shape index (κ3) is 2.04. The van der Waals surface area contributed by atoms with Gasteiger partial charge >= 0.3 is 5.69 Å². The molecule has 0 heterocycles. The van der Waals surface area contributed by atoms with Crippen LogP contribution in [0.4, 0.5) is 5.69 Å². The van der Waals surface area contributed by atoms with E-state index in [4.69, 9.17) is 5.39 Å². The standard InChI is InChI=1S/C7H7N2.ClH/c1-6-2-4-7(9-8)5-3-6;/h2-5H,1H3;1H/q+1;/p-1. The van der Waals surface area contributed by atoms with Crippen LogP contribution < -0.4 is 12.4 Å². The number of nitrogens with zero attached hydrogens (tertiary/aromatic N) is 2. The molecule has 0 spiro atoms. The minimum atomic E-state index is 0. The second-order valence-corrected chi connectivity index (χ2v) is 1.94. The number of halogens is 1. The summed E-state index contributed by atoms with van der Waals surface area (Å²) in [6.07, 6.45) is 0. The fourth-order valence-corrected chi connectivity index (χ4v) is 0.611. The lowest BCUT2D eigenvalue weighted by atomic mass is 10.2. The number of benzene rings is 1. The number of diazo groups is 1. The summed E-state index contributed by atoms with van der Waals surface area (Å²) in [5.41, 5.74) is 1.77. The van der Waals surface area contributed by atoms with E-state index in [0.29, 0.717) is 5.69 Å². The molecule has 0 saturated carbocycles. The van der Waals surface area contributed by atoms with Gasteiger partial charge in [0.25, 0.3) is 0 Å². The molecule has 1 aromatic rings. The quantitative estimate of drug-likeness (QED) is 0.463. The lowest BCUT2D eigenvalue weighted by molar-refractivity contribution is -0.00000214. The highest BCUT2D eigenvalue weighted by Gasteiger charge is 1.98. The lowest BCUT2D eigenvalue weighted by Gasteiger charge is -1.81. The molecule has 0 radical (unpaired) electrons. The van der Waals surface area contributed by atoms with Crippen molar-refractivity contribution in [2.45, 2.75) is 6.92 Å². The Kier molecular flexibility index (Phi) is 3.45. The summed E-state index contributed by atoms with van der Waals surface area (Å²) in [6.45, 7) is 1.99. The minimum Gasteiger partial charge on any atom is -1.00 e. The maximum Gasteiger partial charge on any atom is 0.385 e. The second kappa shape index (κ2) is 3.86. The van der Waals surface area contributed by atoms with Crippen molar-refractivity contribution >= 4 is 5.69 Å². The Morgan fingerprint density at radius 1 is 1.20 bits per heavy atom. The first-order chi connectivity index (χ1) is 4.33. The summed E-state index contributed by atoms with van der Waals surface area (Å²) < 4.78 is 0. The molecule has 1 rings (SSSR count). The summed E-state index contributed by atoms with van der Waals surface area (Å²) in [7, 11) is 0. The molecule has 52 valence electrons. The first-order valence-corrected chi connectivity index (χ1v) is 2.74. The lowest BCUT2D eigenvalue weighted by Crippen LogP contribution is -3.00. The van der Waals surface area contributed by atoms with Crippen molar-refractivity contribution in [1.82, 2.24) is 0 Å². The molecule has 2 nitrogen and oxygen atoms in total. The molecule has 0 atom stereocenters. The molecule has 1 aromatic carbocycles. The molecule has 0 aromatic heterocycles. The monoisotopic (exact) mass is 154 g/mol. The molecule has 0 aliphatic rings. The fourth-order valence-electron chi connectivity index (χ4n) is 0.611. The van der Waals surface area contributed by atoms with Crippen LogP contribution in [0.5, 0.6) is 0 Å². The summed E-state index contributed by atoms with van der Waals surface area (Å²) in [5.74, 6) is 0. The van der Waals surface area contributed by atoms with Crippen LogP contribution in [0.3, 0.4) is 0 Å². The highest BCUT2D eigenvalue weighted by atomic mass is 35.5. The zero-order chi connectivity index (χ0) is 6.69. The number of hydrogen-bond donors (Lipinski definition) is 0. The van der Waals surface area contributed by atoms with E-state index in [1.807, 2.05) is 19.1 Å². The Labute approximate surface area is 65.9 Å². The van der Waals surface area contributed by atoms with E-state index in [1.165, 1.54) is 5.56 Å². The molecule has 0 fully saturated rings. The summed E-state index contributed by atoms with van der Waals surface area (Å²) in [5, 5.41) is 8.25. The van der Waals surface area contributed by atoms with Crippen molar-refractivity contribution in [1.29, 1.82) is 5.39 Å². The van der Waals surface area contributed by atoms with Gasteiger partial charge in [0, 0.05) is 12.1 Å². The van der Waals surface area contributed by atoms with Gasteiger partial charge in [-0.1, -0.05) is 17.7 Å². The average Bonchev–Trinajstić information content (AvgIpc) is 1.90. The smallest absolute Gasteiger partial charge is 0.385 e. The molecule has 0 unspecified atom stereocenters. The predicted molar refractivity (Wildman–Crippen MR) is 35.9 cm³/mol. The van der Waals surface area contributed by atoms with Crippen LogP contribution in [0.1, 0.15) is 5.56 Å². The van der Waals surface area contributed by atoms with Crippen LogP contribution in [-0.2, 0) is 0 Å². The molecule has 0 bridgehead atoms.